The summed E-state index contributed by atoms with van der Waals surface area (Å²) in [6.07, 6.45) is 3.55. The van der Waals surface area contributed by atoms with Gasteiger partial charge in [-0.15, -0.1) is 0 Å². The number of esters is 1. The SMILES string of the molecule is COC(=O)c1cnn(C)c1/C=C/C(=O)O. The van der Waals surface area contributed by atoms with Gasteiger partial charge < -0.3 is 9.84 Å². The van der Waals surface area contributed by atoms with Gasteiger partial charge in [-0.05, 0) is 6.08 Å². The molecule has 1 aromatic heterocycles. The fourth-order valence-corrected chi connectivity index (χ4v) is 1.06. The van der Waals surface area contributed by atoms with Crippen molar-refractivity contribution >= 4 is 18.0 Å². The van der Waals surface area contributed by atoms with E-state index in [0.717, 1.165) is 6.08 Å². The Morgan fingerprint density at radius 2 is 2.27 bits per heavy atom. The number of carbonyl (C=O) groups is 2. The van der Waals surface area contributed by atoms with E-state index < -0.39 is 11.9 Å². The van der Waals surface area contributed by atoms with E-state index in [1.165, 1.54) is 24.1 Å². The molecular weight excluding hydrogens is 200 g/mol. The second kappa shape index (κ2) is 4.41. The highest BCUT2D eigenvalue weighted by Gasteiger charge is 2.14. The van der Waals surface area contributed by atoms with Crippen molar-refractivity contribution in [2.75, 3.05) is 7.11 Å². The predicted molar refractivity (Wildman–Crippen MR) is 51.2 cm³/mol. The highest BCUT2D eigenvalue weighted by Crippen LogP contribution is 2.10. The van der Waals surface area contributed by atoms with Gasteiger partial charge in [0, 0.05) is 13.1 Å². The van der Waals surface area contributed by atoms with Crippen molar-refractivity contribution in [2.45, 2.75) is 0 Å². The van der Waals surface area contributed by atoms with Gasteiger partial charge in [0.05, 0.1) is 19.0 Å². The second-order valence-corrected chi connectivity index (χ2v) is 2.73. The number of aliphatic carboxylic acids is 1. The summed E-state index contributed by atoms with van der Waals surface area (Å²) in [5.41, 5.74) is 0.627. The summed E-state index contributed by atoms with van der Waals surface area (Å²) in [4.78, 5) is 21.6. The Morgan fingerprint density at radius 3 is 2.80 bits per heavy atom. The standard InChI is InChI=1S/C9H10N2O4/c1-11-7(3-4-8(12)13)6(5-10-11)9(14)15-2/h3-5H,1-2H3,(H,12,13)/b4-3+. The van der Waals surface area contributed by atoms with E-state index >= 15 is 0 Å². The molecule has 0 radical (unpaired) electrons. The molecule has 15 heavy (non-hydrogen) atoms. The molecule has 0 aromatic carbocycles. The van der Waals surface area contributed by atoms with E-state index in [-0.39, 0.29) is 5.56 Å². The van der Waals surface area contributed by atoms with Crippen molar-refractivity contribution in [2.24, 2.45) is 7.05 Å². The van der Waals surface area contributed by atoms with Gasteiger partial charge in [0.1, 0.15) is 5.56 Å². The lowest BCUT2D eigenvalue weighted by molar-refractivity contribution is -0.131. The van der Waals surface area contributed by atoms with Crippen LogP contribution in [0.2, 0.25) is 0 Å². The van der Waals surface area contributed by atoms with Crippen LogP contribution in [0.4, 0.5) is 0 Å². The first-order valence-corrected chi connectivity index (χ1v) is 4.07. The number of methoxy groups -OCH3 is 1. The molecule has 0 aliphatic rings. The zero-order valence-corrected chi connectivity index (χ0v) is 8.30. The number of ether oxygens (including phenoxy) is 1. The molecule has 0 saturated heterocycles. The van der Waals surface area contributed by atoms with Crippen LogP contribution in [0.25, 0.3) is 6.08 Å². The van der Waals surface area contributed by atoms with Crippen LogP contribution in [0.3, 0.4) is 0 Å². The predicted octanol–water partition coefficient (Wildman–Crippen LogP) is 0.304. The fraction of sp³-hybridized carbons (Fsp3) is 0.222. The zero-order chi connectivity index (χ0) is 11.4. The summed E-state index contributed by atoms with van der Waals surface area (Å²) in [5, 5.41) is 12.3. The Hall–Kier alpha value is -2.11. The average Bonchev–Trinajstić information content (AvgIpc) is 2.55. The molecule has 0 aliphatic carbocycles. The summed E-state index contributed by atoms with van der Waals surface area (Å²) in [7, 11) is 2.86. The molecule has 0 amide bonds. The lowest BCUT2D eigenvalue weighted by Crippen LogP contribution is -2.04. The fourth-order valence-electron chi connectivity index (χ4n) is 1.06. The number of aromatic nitrogens is 2. The maximum atomic E-state index is 11.2. The maximum absolute atomic E-state index is 11.2. The third-order valence-electron chi connectivity index (χ3n) is 1.77. The second-order valence-electron chi connectivity index (χ2n) is 2.73. The summed E-state index contributed by atoms with van der Waals surface area (Å²) in [5.74, 6) is -1.64. The van der Waals surface area contributed by atoms with E-state index in [4.69, 9.17) is 5.11 Å². The highest BCUT2D eigenvalue weighted by molar-refractivity contribution is 5.94. The lowest BCUT2D eigenvalue weighted by atomic mass is 10.2. The third kappa shape index (κ3) is 2.43. The molecule has 80 valence electrons. The van der Waals surface area contributed by atoms with Crippen LogP contribution in [0.5, 0.6) is 0 Å². The molecule has 0 spiro atoms. The third-order valence-corrected chi connectivity index (χ3v) is 1.77. The Kier molecular flexibility index (Phi) is 3.22. The Balaban J connectivity index is 3.10. The molecule has 0 atom stereocenters. The average molecular weight is 210 g/mol. The van der Waals surface area contributed by atoms with Crippen molar-refractivity contribution in [1.82, 2.24) is 9.78 Å². The first-order chi connectivity index (χ1) is 7.06. The molecule has 0 aliphatic heterocycles. The van der Waals surface area contributed by atoms with Crippen molar-refractivity contribution in [3.63, 3.8) is 0 Å². The van der Waals surface area contributed by atoms with Gasteiger partial charge in [-0.25, -0.2) is 9.59 Å². The number of carboxylic acid groups (broad SMARTS) is 1. The Morgan fingerprint density at radius 1 is 1.60 bits per heavy atom. The van der Waals surface area contributed by atoms with Crippen LogP contribution in [0.15, 0.2) is 12.3 Å². The number of aryl methyl sites for hydroxylation is 1. The minimum absolute atomic E-state index is 0.234. The van der Waals surface area contributed by atoms with Crippen molar-refractivity contribution in [1.29, 1.82) is 0 Å². The van der Waals surface area contributed by atoms with Crippen LogP contribution in [0.1, 0.15) is 16.1 Å². The smallest absolute Gasteiger partial charge is 0.341 e. The van der Waals surface area contributed by atoms with Crippen LogP contribution in [-0.4, -0.2) is 33.9 Å². The van der Waals surface area contributed by atoms with Crippen molar-refractivity contribution < 1.29 is 19.4 Å². The molecule has 1 heterocycles. The zero-order valence-electron chi connectivity index (χ0n) is 8.30. The van der Waals surface area contributed by atoms with Crippen LogP contribution in [0, 0.1) is 0 Å². The van der Waals surface area contributed by atoms with E-state index in [1.807, 2.05) is 0 Å². The van der Waals surface area contributed by atoms with Gasteiger partial charge in [-0.2, -0.15) is 5.10 Å². The molecule has 0 saturated carbocycles. The largest absolute Gasteiger partial charge is 0.478 e. The van der Waals surface area contributed by atoms with Crippen molar-refractivity contribution in [3.8, 4) is 0 Å². The Labute approximate surface area is 85.8 Å². The van der Waals surface area contributed by atoms with E-state index in [0.29, 0.717) is 5.69 Å². The molecule has 1 aromatic rings. The van der Waals surface area contributed by atoms with Crippen LogP contribution < -0.4 is 0 Å². The van der Waals surface area contributed by atoms with E-state index in [2.05, 4.69) is 9.84 Å². The van der Waals surface area contributed by atoms with Crippen LogP contribution in [-0.2, 0) is 16.6 Å². The molecule has 6 heteroatoms. The van der Waals surface area contributed by atoms with Gasteiger partial charge in [-0.3, -0.25) is 4.68 Å². The number of hydrogen-bond acceptors (Lipinski definition) is 4. The summed E-state index contributed by atoms with van der Waals surface area (Å²) in [6, 6.07) is 0. The quantitative estimate of drug-likeness (QED) is 0.573. The number of nitrogens with zero attached hydrogens (tertiary/aromatic N) is 2. The molecular formula is C9H10N2O4. The summed E-state index contributed by atoms with van der Waals surface area (Å²) < 4.78 is 5.92. The normalized spacial score (nSPS) is 10.5. The minimum atomic E-state index is -1.09. The number of carbonyl (C=O) groups excluding carboxylic acids is 1. The van der Waals surface area contributed by atoms with Crippen LogP contribution >= 0.6 is 0 Å². The van der Waals surface area contributed by atoms with Gasteiger partial charge in [-0.1, -0.05) is 0 Å². The first-order valence-electron chi connectivity index (χ1n) is 4.07. The molecule has 6 nitrogen and oxygen atoms in total. The minimum Gasteiger partial charge on any atom is -0.478 e. The molecule has 0 fully saturated rings. The monoisotopic (exact) mass is 210 g/mol. The number of carboxylic acids is 1. The summed E-state index contributed by atoms with van der Waals surface area (Å²) >= 11 is 0. The van der Waals surface area contributed by atoms with Gasteiger partial charge in [0.25, 0.3) is 0 Å². The summed E-state index contributed by atoms with van der Waals surface area (Å²) in [6.45, 7) is 0. The van der Waals surface area contributed by atoms with E-state index in [1.54, 1.807) is 7.05 Å². The topological polar surface area (TPSA) is 81.4 Å². The maximum Gasteiger partial charge on any atom is 0.341 e. The lowest BCUT2D eigenvalue weighted by Gasteiger charge is -1.98. The van der Waals surface area contributed by atoms with Crippen molar-refractivity contribution in [3.05, 3.63) is 23.5 Å². The van der Waals surface area contributed by atoms with E-state index in [9.17, 15) is 9.59 Å². The number of rotatable bonds is 3. The van der Waals surface area contributed by atoms with Gasteiger partial charge in [0.15, 0.2) is 0 Å². The molecule has 0 unspecified atom stereocenters. The molecule has 0 bridgehead atoms. The van der Waals surface area contributed by atoms with Gasteiger partial charge >= 0.3 is 11.9 Å². The first kappa shape index (κ1) is 11.0. The number of hydrogen-bond donors (Lipinski definition) is 1. The molecule has 1 rings (SSSR count). The van der Waals surface area contributed by atoms with Gasteiger partial charge in [0.2, 0.25) is 0 Å². The highest BCUT2D eigenvalue weighted by atomic mass is 16.5. The molecule has 1 N–H and O–H groups in total. The Bertz CT molecular complexity index is 420.